The van der Waals surface area contributed by atoms with Gasteiger partial charge in [0.2, 0.25) is 10.0 Å². The Morgan fingerprint density at radius 3 is 2.73 bits per heavy atom. The average molecular weight is 369 g/mol. The number of aromatic amines is 1. The first-order valence-electron chi connectivity index (χ1n) is 7.99. The van der Waals surface area contributed by atoms with E-state index in [1.165, 1.54) is 28.6 Å². The molecule has 0 radical (unpaired) electrons. The molecule has 0 fully saturated rings. The molecule has 2 aromatic heterocycles. The number of nitrogens with one attached hydrogen (secondary N) is 1. The molecular weight excluding hydrogens is 354 g/mol. The van der Waals surface area contributed by atoms with Crippen molar-refractivity contribution in [1.29, 1.82) is 5.26 Å². The number of benzene rings is 1. The van der Waals surface area contributed by atoms with Crippen LogP contribution >= 0.6 is 0 Å². The van der Waals surface area contributed by atoms with Crippen molar-refractivity contribution in [2.75, 3.05) is 6.54 Å². The lowest BCUT2D eigenvalue weighted by Crippen LogP contribution is -2.35. The number of hydrogen-bond donors (Lipinski definition) is 1. The molecule has 132 valence electrons. The van der Waals surface area contributed by atoms with Crippen molar-refractivity contribution in [1.82, 2.24) is 19.7 Å². The van der Waals surface area contributed by atoms with Crippen LogP contribution < -0.4 is 0 Å². The van der Waals surface area contributed by atoms with Crippen LogP contribution in [0.15, 0.2) is 39.8 Å². The molecule has 3 aromatic rings. The molecule has 8 nitrogen and oxygen atoms in total. The molecule has 1 N–H and O–H groups in total. The second-order valence-electron chi connectivity index (χ2n) is 6.08. The van der Waals surface area contributed by atoms with Gasteiger partial charge in [0.05, 0.1) is 16.5 Å². The maximum atomic E-state index is 12.9. The van der Waals surface area contributed by atoms with Crippen LogP contribution in [0.4, 0.5) is 0 Å². The summed E-state index contributed by atoms with van der Waals surface area (Å²) in [5, 5.41) is 20.1. The zero-order chi connectivity index (χ0) is 18.3. The van der Waals surface area contributed by atoms with Gasteiger partial charge >= 0.3 is 0 Å². The third-order valence-corrected chi connectivity index (χ3v) is 6.25. The molecule has 1 aliphatic rings. The first-order valence-corrected chi connectivity index (χ1v) is 9.43. The van der Waals surface area contributed by atoms with Crippen molar-refractivity contribution < 1.29 is 12.9 Å². The molecule has 26 heavy (non-hydrogen) atoms. The molecule has 4 rings (SSSR count). The van der Waals surface area contributed by atoms with Gasteiger partial charge in [-0.25, -0.2) is 8.42 Å². The highest BCUT2D eigenvalue weighted by Gasteiger charge is 2.31. The number of fused-ring (bicyclic) bond motifs is 1. The Morgan fingerprint density at radius 2 is 2.08 bits per heavy atom. The van der Waals surface area contributed by atoms with Crippen molar-refractivity contribution in [3.05, 3.63) is 52.9 Å². The Balaban J connectivity index is 1.67. The smallest absolute Gasteiger partial charge is 0.243 e. The van der Waals surface area contributed by atoms with Crippen molar-refractivity contribution in [2.24, 2.45) is 0 Å². The zero-order valence-corrected chi connectivity index (χ0v) is 14.7. The normalized spacial score (nSPS) is 14.8. The van der Waals surface area contributed by atoms with Crippen LogP contribution in [0.5, 0.6) is 0 Å². The fourth-order valence-corrected chi connectivity index (χ4v) is 4.42. The van der Waals surface area contributed by atoms with Gasteiger partial charge in [0.1, 0.15) is 17.1 Å². The number of H-pyrrole nitrogens is 1. The van der Waals surface area contributed by atoms with E-state index < -0.39 is 10.0 Å². The third-order valence-electron chi connectivity index (χ3n) is 4.39. The molecule has 1 aliphatic heterocycles. The number of rotatable bonds is 3. The Labute approximate surface area is 150 Å². The molecule has 1 aromatic carbocycles. The van der Waals surface area contributed by atoms with Gasteiger partial charge < -0.3 is 4.52 Å². The highest BCUT2D eigenvalue weighted by molar-refractivity contribution is 7.89. The van der Waals surface area contributed by atoms with Gasteiger partial charge in [-0.15, -0.1) is 0 Å². The Hall–Kier alpha value is -2.96. The van der Waals surface area contributed by atoms with E-state index in [1.54, 1.807) is 13.0 Å². The number of nitriles is 1. The summed E-state index contributed by atoms with van der Waals surface area (Å²) in [5.41, 5.74) is 3.33. The first-order chi connectivity index (χ1) is 12.5. The molecule has 0 amide bonds. The van der Waals surface area contributed by atoms with Gasteiger partial charge in [0.15, 0.2) is 0 Å². The number of nitrogens with zero attached hydrogens (tertiary/aromatic N) is 4. The summed E-state index contributed by atoms with van der Waals surface area (Å²) >= 11 is 0. The van der Waals surface area contributed by atoms with Crippen LogP contribution in [0.2, 0.25) is 0 Å². The molecule has 0 atom stereocenters. The molecule has 0 unspecified atom stereocenters. The second-order valence-corrected chi connectivity index (χ2v) is 8.01. The topological polar surface area (TPSA) is 116 Å². The molecule has 0 aliphatic carbocycles. The van der Waals surface area contributed by atoms with Crippen LogP contribution in [0.25, 0.3) is 11.4 Å². The van der Waals surface area contributed by atoms with E-state index in [4.69, 9.17) is 9.78 Å². The maximum Gasteiger partial charge on any atom is 0.243 e. The summed E-state index contributed by atoms with van der Waals surface area (Å²) in [4.78, 5) is 0.169. The lowest BCUT2D eigenvalue weighted by molar-refractivity contribution is 0.389. The standard InChI is InChI=1S/C17H15N5O3S/c1-11-8-16(21-25-11)17-14-10-22(7-6-15(14)19-20-17)26(23,24)13-4-2-12(9-18)3-5-13/h2-5,8H,6-7,10H2,1H3,(H,19,20). The summed E-state index contributed by atoms with van der Waals surface area (Å²) in [6.45, 7) is 2.35. The Bertz CT molecular complexity index is 1110. The van der Waals surface area contributed by atoms with Crippen molar-refractivity contribution in [3.8, 4) is 17.5 Å². The van der Waals surface area contributed by atoms with Gasteiger partial charge in [-0.2, -0.15) is 14.7 Å². The van der Waals surface area contributed by atoms with Gasteiger partial charge in [-0.05, 0) is 31.2 Å². The molecule has 0 spiro atoms. The summed E-state index contributed by atoms with van der Waals surface area (Å²) in [6, 6.07) is 9.68. The largest absolute Gasteiger partial charge is 0.361 e. The molecular formula is C17H15N5O3S. The fraction of sp³-hybridized carbons (Fsp3) is 0.235. The summed E-state index contributed by atoms with van der Waals surface area (Å²) < 4.78 is 32.4. The molecule has 0 bridgehead atoms. The van der Waals surface area contributed by atoms with E-state index >= 15 is 0 Å². The fourth-order valence-electron chi connectivity index (χ4n) is 3.02. The molecule has 9 heteroatoms. The van der Waals surface area contributed by atoms with E-state index in [-0.39, 0.29) is 11.4 Å². The predicted molar refractivity (Wildman–Crippen MR) is 91.3 cm³/mol. The Kier molecular flexibility index (Phi) is 3.86. The second kappa shape index (κ2) is 6.09. The number of aryl methyl sites for hydroxylation is 1. The van der Waals surface area contributed by atoms with Crippen molar-refractivity contribution >= 4 is 10.0 Å². The lowest BCUT2D eigenvalue weighted by Gasteiger charge is -2.26. The quantitative estimate of drug-likeness (QED) is 0.755. The summed E-state index contributed by atoms with van der Waals surface area (Å²) in [5.74, 6) is 0.662. The maximum absolute atomic E-state index is 12.9. The van der Waals surface area contributed by atoms with E-state index in [0.29, 0.717) is 35.7 Å². The first kappa shape index (κ1) is 16.5. The minimum Gasteiger partial charge on any atom is -0.361 e. The lowest BCUT2D eigenvalue weighted by atomic mass is 10.1. The van der Waals surface area contributed by atoms with E-state index in [1.807, 2.05) is 6.07 Å². The summed E-state index contributed by atoms with van der Waals surface area (Å²) in [7, 11) is -3.66. The molecule has 0 saturated heterocycles. The highest BCUT2D eigenvalue weighted by atomic mass is 32.2. The number of hydrogen-bond acceptors (Lipinski definition) is 6. The van der Waals surface area contributed by atoms with Gasteiger partial charge in [-0.3, -0.25) is 5.10 Å². The minimum absolute atomic E-state index is 0.169. The van der Waals surface area contributed by atoms with Crippen molar-refractivity contribution in [2.45, 2.75) is 24.8 Å². The van der Waals surface area contributed by atoms with Crippen LogP contribution in [-0.2, 0) is 23.0 Å². The summed E-state index contributed by atoms with van der Waals surface area (Å²) in [6.07, 6.45) is 0.536. The van der Waals surface area contributed by atoms with Crippen molar-refractivity contribution in [3.63, 3.8) is 0 Å². The van der Waals surface area contributed by atoms with Crippen LogP contribution in [0.3, 0.4) is 0 Å². The van der Waals surface area contributed by atoms with Crippen LogP contribution in [-0.4, -0.2) is 34.6 Å². The average Bonchev–Trinajstić information content (AvgIpc) is 3.27. The van der Waals surface area contributed by atoms with E-state index in [0.717, 1.165) is 11.3 Å². The van der Waals surface area contributed by atoms with E-state index in [9.17, 15) is 8.42 Å². The van der Waals surface area contributed by atoms with Crippen LogP contribution in [0, 0.1) is 18.3 Å². The number of sulfonamides is 1. The van der Waals surface area contributed by atoms with Gasteiger partial charge in [0.25, 0.3) is 0 Å². The Morgan fingerprint density at radius 1 is 1.31 bits per heavy atom. The minimum atomic E-state index is -3.66. The molecule has 3 heterocycles. The van der Waals surface area contributed by atoms with Gasteiger partial charge in [-0.1, -0.05) is 5.16 Å². The molecule has 0 saturated carbocycles. The SMILES string of the molecule is Cc1cc(-c2n[nH]c3c2CN(S(=O)(=O)c2ccc(C#N)cc2)CC3)no1. The van der Waals surface area contributed by atoms with E-state index in [2.05, 4.69) is 15.4 Å². The zero-order valence-electron chi connectivity index (χ0n) is 13.9. The number of aromatic nitrogens is 3. The predicted octanol–water partition coefficient (Wildman–Crippen LogP) is 1.99. The van der Waals surface area contributed by atoms with Gasteiger partial charge in [0, 0.05) is 36.8 Å². The third kappa shape index (κ3) is 2.69. The monoisotopic (exact) mass is 369 g/mol. The highest BCUT2D eigenvalue weighted by Crippen LogP contribution is 2.30. The van der Waals surface area contributed by atoms with Crippen LogP contribution in [0.1, 0.15) is 22.6 Å².